The highest BCUT2D eigenvalue weighted by Gasteiger charge is 2.03. The van der Waals surface area contributed by atoms with Crippen LogP contribution in [0.25, 0.3) is 0 Å². The van der Waals surface area contributed by atoms with E-state index in [2.05, 4.69) is 10.5 Å². The highest BCUT2D eigenvalue weighted by Crippen LogP contribution is 2.17. The van der Waals surface area contributed by atoms with E-state index in [9.17, 15) is 9.90 Å². The maximum Gasteiger partial charge on any atom is 0.0815 e. The van der Waals surface area contributed by atoms with E-state index in [-0.39, 0.29) is 4.88 Å². The van der Waals surface area contributed by atoms with Gasteiger partial charge in [-0.05, 0) is 43.7 Å². The number of carbonyl (C=O) groups is 1. The molecule has 5 heteroatoms. The van der Waals surface area contributed by atoms with Gasteiger partial charge in [0, 0.05) is 0 Å². The van der Waals surface area contributed by atoms with Crippen LogP contribution in [0.5, 0.6) is 0 Å². The molecule has 0 radical (unpaired) electrons. The summed E-state index contributed by atoms with van der Waals surface area (Å²) in [5, 5.41) is 14.9. The van der Waals surface area contributed by atoms with Crippen molar-refractivity contribution < 1.29 is 9.90 Å². The summed E-state index contributed by atoms with van der Waals surface area (Å²) < 4.78 is 0. The van der Waals surface area contributed by atoms with Crippen LogP contribution in [0.4, 0.5) is 5.69 Å². The third kappa shape index (κ3) is 3.42. The molecule has 0 aliphatic heterocycles. The van der Waals surface area contributed by atoms with E-state index in [4.69, 9.17) is 0 Å². The van der Waals surface area contributed by atoms with Gasteiger partial charge in [-0.3, -0.25) is 5.43 Å². The third-order valence-corrected chi connectivity index (χ3v) is 3.71. The number of nitrogens with one attached hydrogen (secondary N) is 1. The standard InChI is InChI=1S/C14H14N2O2S/c1-9-4-3-5-11(8-9)16-15-10(2)12-6-7-13(19-12)14(17)18/h3-8,16H,1-2H3,(H,17,18)/p-1/b15-10-. The zero-order valence-corrected chi connectivity index (χ0v) is 11.5. The largest absolute Gasteiger partial charge is 0.544 e. The lowest BCUT2D eigenvalue weighted by Crippen LogP contribution is -2.20. The molecule has 0 saturated heterocycles. The molecule has 0 bridgehead atoms. The number of aryl methyl sites for hydroxylation is 1. The van der Waals surface area contributed by atoms with Crippen LogP contribution in [0, 0.1) is 6.92 Å². The van der Waals surface area contributed by atoms with Gasteiger partial charge in [0.25, 0.3) is 0 Å². The quantitative estimate of drug-likeness (QED) is 0.686. The maximum atomic E-state index is 10.7. The van der Waals surface area contributed by atoms with Crippen LogP contribution in [-0.4, -0.2) is 11.7 Å². The minimum Gasteiger partial charge on any atom is -0.544 e. The van der Waals surface area contributed by atoms with Gasteiger partial charge in [0.2, 0.25) is 0 Å². The number of hydrogen-bond acceptors (Lipinski definition) is 5. The number of nitrogens with zero attached hydrogens (tertiary/aromatic N) is 1. The van der Waals surface area contributed by atoms with E-state index in [0.29, 0.717) is 0 Å². The molecule has 1 aromatic heterocycles. The predicted molar refractivity (Wildman–Crippen MR) is 75.7 cm³/mol. The molecule has 1 heterocycles. The maximum absolute atomic E-state index is 10.7. The van der Waals surface area contributed by atoms with Crippen LogP contribution in [-0.2, 0) is 0 Å². The van der Waals surface area contributed by atoms with Gasteiger partial charge in [0.05, 0.1) is 27.1 Å². The Balaban J connectivity index is 2.12. The lowest BCUT2D eigenvalue weighted by atomic mass is 10.2. The monoisotopic (exact) mass is 273 g/mol. The van der Waals surface area contributed by atoms with Crippen LogP contribution in [0.15, 0.2) is 41.5 Å². The Morgan fingerprint density at radius 2 is 2.00 bits per heavy atom. The molecule has 4 nitrogen and oxygen atoms in total. The number of aromatic carboxylic acids is 1. The number of hydrogen-bond donors (Lipinski definition) is 1. The van der Waals surface area contributed by atoms with Crippen LogP contribution < -0.4 is 10.5 Å². The molecule has 0 fully saturated rings. The lowest BCUT2D eigenvalue weighted by molar-refractivity contribution is -0.254. The van der Waals surface area contributed by atoms with Crippen LogP contribution in [0.2, 0.25) is 0 Å². The van der Waals surface area contributed by atoms with Gasteiger partial charge in [-0.1, -0.05) is 12.1 Å². The summed E-state index contributed by atoms with van der Waals surface area (Å²) in [5.41, 5.74) is 5.73. The molecular weight excluding hydrogens is 260 g/mol. The topological polar surface area (TPSA) is 64.5 Å². The number of anilines is 1. The summed E-state index contributed by atoms with van der Waals surface area (Å²) in [6, 6.07) is 11.1. The van der Waals surface area contributed by atoms with E-state index < -0.39 is 5.97 Å². The van der Waals surface area contributed by atoms with E-state index in [1.165, 1.54) is 6.07 Å². The molecule has 0 unspecified atom stereocenters. The average Bonchev–Trinajstić information content (AvgIpc) is 2.86. The van der Waals surface area contributed by atoms with Gasteiger partial charge in [0.15, 0.2) is 0 Å². The second-order valence-electron chi connectivity index (χ2n) is 4.13. The molecule has 0 amide bonds. The number of carbonyl (C=O) groups excluding carboxylic acids is 1. The zero-order valence-electron chi connectivity index (χ0n) is 10.6. The molecule has 0 atom stereocenters. The van der Waals surface area contributed by atoms with E-state index >= 15 is 0 Å². The normalized spacial score (nSPS) is 11.4. The summed E-state index contributed by atoms with van der Waals surface area (Å²) in [4.78, 5) is 11.7. The number of carboxylic acid groups (broad SMARTS) is 1. The van der Waals surface area contributed by atoms with Gasteiger partial charge in [-0.15, -0.1) is 11.3 Å². The van der Waals surface area contributed by atoms with Crippen molar-refractivity contribution in [2.45, 2.75) is 13.8 Å². The van der Waals surface area contributed by atoms with Gasteiger partial charge in [0.1, 0.15) is 0 Å². The summed E-state index contributed by atoms with van der Waals surface area (Å²) in [7, 11) is 0. The average molecular weight is 273 g/mol. The van der Waals surface area contributed by atoms with Crippen molar-refractivity contribution in [2.24, 2.45) is 5.10 Å². The fourth-order valence-electron chi connectivity index (χ4n) is 1.56. The van der Waals surface area contributed by atoms with Gasteiger partial charge in [-0.2, -0.15) is 5.10 Å². The predicted octanol–water partition coefficient (Wildman–Crippen LogP) is 2.26. The van der Waals surface area contributed by atoms with Crippen molar-refractivity contribution in [1.82, 2.24) is 0 Å². The number of carboxylic acids is 1. The molecular formula is C14H13N2O2S-. The first-order valence-corrected chi connectivity index (χ1v) is 6.56. The minimum absolute atomic E-state index is 0.208. The van der Waals surface area contributed by atoms with Gasteiger partial charge >= 0.3 is 0 Å². The highest BCUT2D eigenvalue weighted by molar-refractivity contribution is 7.15. The van der Waals surface area contributed by atoms with Crippen LogP contribution in [0.3, 0.4) is 0 Å². The molecule has 1 N–H and O–H groups in total. The number of benzene rings is 1. The SMILES string of the molecule is C/C(=N/Nc1cccc(C)c1)c1ccc(C(=O)[O-])s1. The molecule has 98 valence electrons. The van der Waals surface area contributed by atoms with Crippen molar-refractivity contribution in [2.75, 3.05) is 5.43 Å². The lowest BCUT2D eigenvalue weighted by Gasteiger charge is -2.03. The summed E-state index contributed by atoms with van der Waals surface area (Å²) in [6.45, 7) is 3.83. The Hall–Kier alpha value is -2.14. The second kappa shape index (κ2) is 5.67. The first kappa shape index (κ1) is 13.3. The van der Waals surface area contributed by atoms with Gasteiger partial charge < -0.3 is 9.90 Å². The summed E-state index contributed by atoms with van der Waals surface area (Å²) >= 11 is 1.15. The number of thiophene rings is 1. The molecule has 2 rings (SSSR count). The molecule has 0 spiro atoms. The second-order valence-corrected chi connectivity index (χ2v) is 5.21. The Morgan fingerprint density at radius 3 is 2.63 bits per heavy atom. The Morgan fingerprint density at radius 1 is 1.26 bits per heavy atom. The molecule has 0 saturated carbocycles. The Kier molecular flexibility index (Phi) is 3.97. The van der Waals surface area contributed by atoms with E-state index in [1.807, 2.05) is 38.1 Å². The first-order valence-electron chi connectivity index (χ1n) is 5.75. The third-order valence-electron chi connectivity index (χ3n) is 2.53. The van der Waals surface area contributed by atoms with Crippen LogP contribution >= 0.6 is 11.3 Å². The fraction of sp³-hybridized carbons (Fsp3) is 0.143. The van der Waals surface area contributed by atoms with Crippen molar-refractivity contribution in [3.63, 3.8) is 0 Å². The van der Waals surface area contributed by atoms with Gasteiger partial charge in [-0.25, -0.2) is 0 Å². The van der Waals surface area contributed by atoms with Crippen molar-refractivity contribution in [1.29, 1.82) is 0 Å². The number of hydrazone groups is 1. The molecule has 19 heavy (non-hydrogen) atoms. The first-order chi connectivity index (χ1) is 9.06. The minimum atomic E-state index is -1.16. The van der Waals surface area contributed by atoms with Crippen molar-refractivity contribution >= 4 is 28.7 Å². The van der Waals surface area contributed by atoms with Crippen molar-refractivity contribution in [3.05, 3.63) is 51.7 Å². The number of rotatable bonds is 4. The summed E-state index contributed by atoms with van der Waals surface area (Å²) in [6.07, 6.45) is 0. The smallest absolute Gasteiger partial charge is 0.0815 e. The molecule has 1 aromatic carbocycles. The summed E-state index contributed by atoms with van der Waals surface area (Å²) in [5.74, 6) is -1.16. The molecule has 2 aromatic rings. The van der Waals surface area contributed by atoms with E-state index in [0.717, 1.165) is 33.2 Å². The van der Waals surface area contributed by atoms with Crippen LogP contribution in [0.1, 0.15) is 27.0 Å². The molecule has 0 aliphatic rings. The Labute approximate surface area is 115 Å². The highest BCUT2D eigenvalue weighted by atomic mass is 32.1. The zero-order chi connectivity index (χ0) is 13.8. The molecule has 0 aliphatic carbocycles. The fourth-order valence-corrected chi connectivity index (χ4v) is 2.35. The van der Waals surface area contributed by atoms with E-state index in [1.54, 1.807) is 6.07 Å². The Bertz CT molecular complexity index is 632. The van der Waals surface area contributed by atoms with Crippen molar-refractivity contribution in [3.8, 4) is 0 Å².